The van der Waals surface area contributed by atoms with Crippen molar-refractivity contribution in [3.63, 3.8) is 0 Å². The second kappa shape index (κ2) is 2.56. The Bertz CT molecular complexity index is 44.9. The van der Waals surface area contributed by atoms with Crippen LogP contribution in [0, 0.1) is 0 Å². The molecular formula is CH4N2OPo. The summed E-state index contributed by atoms with van der Waals surface area (Å²) in [6.45, 7) is 0. The van der Waals surface area contributed by atoms with Crippen molar-refractivity contribution in [3.05, 3.63) is 0 Å². The molecule has 3 nitrogen and oxygen atoms in total. The van der Waals surface area contributed by atoms with Gasteiger partial charge in [-0.15, -0.1) is 0 Å². The first kappa shape index (κ1) is 5.33. The predicted octanol–water partition coefficient (Wildman–Crippen LogP) is -1.36. The Morgan fingerprint density at radius 3 is 2.00 bits per heavy atom. The zero-order valence-electron chi connectivity index (χ0n) is 2.47. The SMILES string of the molecule is [NH2][Po][C](N)=O. The number of nitrogens with two attached hydrogens (primary N) is 2. The van der Waals surface area contributed by atoms with Gasteiger partial charge in [0.1, 0.15) is 0 Å². The monoisotopic (exact) mass is 269 g/mol. The third kappa shape index (κ3) is 4.33. The van der Waals surface area contributed by atoms with Gasteiger partial charge >= 0.3 is 41.6 Å². The normalized spacial score (nSPS) is 7.40. The maximum absolute atomic E-state index is 9.54. The van der Waals surface area contributed by atoms with Crippen LogP contribution in [0.2, 0.25) is 0 Å². The van der Waals surface area contributed by atoms with Gasteiger partial charge in [-0.3, -0.25) is 0 Å². The van der Waals surface area contributed by atoms with Gasteiger partial charge in [0, 0.05) is 0 Å². The summed E-state index contributed by atoms with van der Waals surface area (Å²) in [6.07, 6.45) is 0. The van der Waals surface area contributed by atoms with E-state index in [9.17, 15) is 4.79 Å². The molecule has 0 aliphatic carbocycles. The molecule has 0 aliphatic rings. The van der Waals surface area contributed by atoms with Gasteiger partial charge in [0.15, 0.2) is 0 Å². The zero-order chi connectivity index (χ0) is 4.28. The summed E-state index contributed by atoms with van der Waals surface area (Å²) in [4.78, 5) is 9.54. The summed E-state index contributed by atoms with van der Waals surface area (Å²) in [6, 6.07) is 0. The summed E-state index contributed by atoms with van der Waals surface area (Å²) in [5.74, 6) is 0. The molecule has 0 spiro atoms. The molecule has 0 heterocycles. The van der Waals surface area contributed by atoms with Crippen molar-refractivity contribution in [1.82, 2.24) is 0 Å². The fourth-order valence-corrected chi connectivity index (χ4v) is 0. The predicted molar refractivity (Wildman–Crippen MR) is 19.5 cm³/mol. The number of primary amides is 1. The van der Waals surface area contributed by atoms with Crippen LogP contribution in [0.1, 0.15) is 0 Å². The van der Waals surface area contributed by atoms with E-state index in [4.69, 9.17) is 3.63 Å². The molecular weight excluding hydrogens is 265 g/mol. The van der Waals surface area contributed by atoms with Gasteiger partial charge in [-0.2, -0.15) is 0 Å². The van der Waals surface area contributed by atoms with Crippen LogP contribution >= 0.6 is 0 Å². The summed E-state index contributed by atoms with van der Waals surface area (Å²) < 4.78 is 4.56. The van der Waals surface area contributed by atoms with E-state index in [1.807, 2.05) is 0 Å². The molecule has 0 saturated heterocycles. The standard InChI is InChI=1S/CH2NO.H2N.Po/c2-1-3;;/h(H2,2,3);1H2;/q;-1;+1. The van der Waals surface area contributed by atoms with Gasteiger partial charge in [0.2, 0.25) is 0 Å². The van der Waals surface area contributed by atoms with Crippen LogP contribution in [-0.2, 0) is 0 Å². The summed E-state index contributed by atoms with van der Waals surface area (Å²) in [5, 5.41) is 0. The minimum atomic E-state index is -1.20. The van der Waals surface area contributed by atoms with Gasteiger partial charge in [-0.05, 0) is 0 Å². The van der Waals surface area contributed by atoms with Crippen LogP contribution in [0.3, 0.4) is 0 Å². The van der Waals surface area contributed by atoms with Crippen molar-refractivity contribution in [3.8, 4) is 0 Å². The number of hydrogen-bond acceptors (Lipinski definition) is 2. The Labute approximate surface area is 41.9 Å². The van der Waals surface area contributed by atoms with Crippen LogP contribution in [0.25, 0.3) is 0 Å². The Hall–Kier alpha value is 0.326. The van der Waals surface area contributed by atoms with Crippen molar-refractivity contribution < 1.29 is 4.79 Å². The topological polar surface area (TPSA) is 69.1 Å². The van der Waals surface area contributed by atoms with E-state index in [-0.39, 0.29) is 3.57 Å². The third-order valence-electron chi connectivity index (χ3n) is 0.116. The fourth-order valence-electron chi connectivity index (χ4n) is 0. The van der Waals surface area contributed by atoms with Crippen molar-refractivity contribution in [2.24, 2.45) is 9.37 Å². The molecule has 0 rings (SSSR count). The van der Waals surface area contributed by atoms with Gasteiger partial charge < -0.3 is 0 Å². The van der Waals surface area contributed by atoms with E-state index in [1.165, 1.54) is 0 Å². The Morgan fingerprint density at radius 2 is 2.00 bits per heavy atom. The maximum atomic E-state index is 9.54. The van der Waals surface area contributed by atoms with Crippen LogP contribution in [0.4, 0.5) is 4.79 Å². The first-order valence-corrected chi connectivity index (χ1v) is 4.35. The molecule has 0 bridgehead atoms. The van der Waals surface area contributed by atoms with Gasteiger partial charge in [-0.25, -0.2) is 0 Å². The zero-order valence-corrected chi connectivity index (χ0v) is 5.65. The average Bonchev–Trinajstić information content (AvgIpc) is 1.38. The molecule has 0 saturated carbocycles. The number of carbonyl (C=O) groups excluding carboxylic acids is 1. The second-order valence-corrected chi connectivity index (χ2v) is 2.92. The van der Waals surface area contributed by atoms with Gasteiger partial charge in [0.05, 0.1) is 0 Å². The molecule has 0 radical (unpaired) electrons. The number of hydrogen-bond donors (Lipinski definition) is 2. The summed E-state index contributed by atoms with van der Waals surface area (Å²) in [5.41, 5.74) is 4.60. The number of amides is 1. The molecule has 0 atom stereocenters. The van der Waals surface area contributed by atoms with Gasteiger partial charge in [0.25, 0.3) is 0 Å². The molecule has 0 unspecified atom stereocenters. The second-order valence-electron chi connectivity index (χ2n) is 0.437. The van der Waals surface area contributed by atoms with E-state index in [2.05, 4.69) is 5.73 Å². The van der Waals surface area contributed by atoms with Gasteiger partial charge in [-0.1, -0.05) is 0 Å². The first-order valence-electron chi connectivity index (χ1n) is 0.933. The molecule has 0 aromatic heterocycles. The summed E-state index contributed by atoms with van der Waals surface area (Å²) in [7, 11) is 0. The van der Waals surface area contributed by atoms with Crippen LogP contribution in [-0.4, -0.2) is 27.4 Å². The third-order valence-corrected chi connectivity index (χ3v) is 1.02. The van der Waals surface area contributed by atoms with Crippen molar-refractivity contribution >= 4 is 27.4 Å². The first-order chi connectivity index (χ1) is 2.27. The quantitative estimate of drug-likeness (QED) is 0.617. The Kier molecular flexibility index (Phi) is 2.72. The van der Waals surface area contributed by atoms with E-state index >= 15 is 0 Å². The van der Waals surface area contributed by atoms with Crippen LogP contribution < -0.4 is 9.37 Å². The molecule has 0 fully saturated rings. The van der Waals surface area contributed by atoms with Crippen LogP contribution in [0.5, 0.6) is 0 Å². The van der Waals surface area contributed by atoms with E-state index in [0.717, 1.165) is 0 Å². The Balaban J connectivity index is 2.85. The molecule has 0 aliphatic heterocycles. The molecule has 30 valence electrons. The van der Waals surface area contributed by atoms with Crippen molar-refractivity contribution in [1.29, 1.82) is 0 Å². The number of carbonyl (C=O) groups is 1. The molecule has 4 heteroatoms. The minimum absolute atomic E-state index is 0.301. The molecule has 0 aromatic rings. The van der Waals surface area contributed by atoms with E-state index in [1.54, 1.807) is 0 Å². The molecule has 0 aromatic carbocycles. The number of rotatable bonds is 1. The molecule has 5 heavy (non-hydrogen) atoms. The summed E-state index contributed by atoms with van der Waals surface area (Å²) >= 11 is -1.20. The van der Waals surface area contributed by atoms with E-state index < -0.39 is 23.9 Å². The Morgan fingerprint density at radius 1 is 1.80 bits per heavy atom. The van der Waals surface area contributed by atoms with Crippen LogP contribution in [0.15, 0.2) is 0 Å². The molecule has 4 N–H and O–H groups in total. The molecule has 1 amide bonds. The van der Waals surface area contributed by atoms with E-state index in [0.29, 0.717) is 0 Å². The van der Waals surface area contributed by atoms with Crippen molar-refractivity contribution in [2.75, 3.05) is 0 Å². The van der Waals surface area contributed by atoms with Crippen molar-refractivity contribution in [2.45, 2.75) is 0 Å². The average molecular weight is 269 g/mol. The fraction of sp³-hybridized carbons (Fsp3) is 0.